The summed E-state index contributed by atoms with van der Waals surface area (Å²) in [5.74, 6) is 0.829. The lowest BCUT2D eigenvalue weighted by Crippen LogP contribution is -1.82. The summed E-state index contributed by atoms with van der Waals surface area (Å²) in [5, 5.41) is 27.7. The molecule has 24 heavy (non-hydrogen) atoms. The largest absolute Gasteiger partial charge is 0.506 e. The number of benzene rings is 3. The molecule has 0 bridgehead atoms. The van der Waals surface area contributed by atoms with Gasteiger partial charge in [-0.25, -0.2) is 0 Å². The highest BCUT2D eigenvalue weighted by Gasteiger charge is 2.05. The second-order valence-corrected chi connectivity index (χ2v) is 5.12. The van der Waals surface area contributed by atoms with Gasteiger partial charge < -0.3 is 14.9 Å². The molecule has 5 heteroatoms. The van der Waals surface area contributed by atoms with Crippen LogP contribution >= 0.6 is 0 Å². The van der Waals surface area contributed by atoms with Gasteiger partial charge in [0.15, 0.2) is 0 Å². The van der Waals surface area contributed by atoms with Crippen molar-refractivity contribution in [1.29, 1.82) is 0 Å². The van der Waals surface area contributed by atoms with E-state index in [1.54, 1.807) is 43.5 Å². The Hall–Kier alpha value is -3.34. The first-order valence-electron chi connectivity index (χ1n) is 7.34. The Labute approximate surface area is 139 Å². The van der Waals surface area contributed by atoms with Gasteiger partial charge in [0.05, 0.1) is 7.11 Å². The molecule has 0 heterocycles. The van der Waals surface area contributed by atoms with Crippen molar-refractivity contribution in [1.82, 2.24) is 0 Å². The van der Waals surface area contributed by atoms with Crippen molar-refractivity contribution in [3.8, 4) is 28.4 Å². The Bertz CT molecular complexity index is 874. The quantitative estimate of drug-likeness (QED) is 0.650. The molecule has 3 rings (SSSR count). The minimum Gasteiger partial charge on any atom is -0.506 e. The molecule has 0 fully saturated rings. The molecule has 3 aromatic carbocycles. The third-order valence-electron chi connectivity index (χ3n) is 3.55. The monoisotopic (exact) mass is 320 g/mol. The minimum absolute atomic E-state index is 0.0198. The molecule has 0 saturated carbocycles. The van der Waals surface area contributed by atoms with E-state index < -0.39 is 0 Å². The van der Waals surface area contributed by atoms with Gasteiger partial charge in [0.1, 0.15) is 28.6 Å². The van der Waals surface area contributed by atoms with Crippen LogP contribution in [-0.4, -0.2) is 17.3 Å². The molecule has 0 radical (unpaired) electrons. The Morgan fingerprint density at radius 3 is 2.04 bits per heavy atom. The number of hydrogen-bond acceptors (Lipinski definition) is 5. The van der Waals surface area contributed by atoms with Crippen molar-refractivity contribution in [3.05, 3.63) is 66.7 Å². The molecular weight excluding hydrogens is 304 g/mol. The van der Waals surface area contributed by atoms with Crippen molar-refractivity contribution in [2.24, 2.45) is 10.2 Å². The number of rotatable bonds is 4. The number of ether oxygens (including phenoxy) is 1. The first kappa shape index (κ1) is 15.6. The summed E-state index contributed by atoms with van der Waals surface area (Å²) in [6, 6.07) is 19.3. The molecule has 120 valence electrons. The zero-order chi connectivity index (χ0) is 16.9. The standard InChI is InChI=1S/C19H16N2O3/c1-24-15-9-6-13(7-10-15)14-8-11-19(23)17(12-14)21-20-16-4-2-3-5-18(16)22/h2-12,22-23H,1H3. The van der Waals surface area contributed by atoms with Crippen LogP contribution in [0.5, 0.6) is 17.2 Å². The SMILES string of the molecule is COc1ccc(-c2ccc(O)c(N=Nc3ccccc3O)c2)cc1. The maximum absolute atomic E-state index is 9.98. The lowest BCUT2D eigenvalue weighted by molar-refractivity contribution is 0.415. The third kappa shape index (κ3) is 3.35. The molecule has 0 amide bonds. The van der Waals surface area contributed by atoms with Crippen molar-refractivity contribution in [3.63, 3.8) is 0 Å². The first-order chi connectivity index (χ1) is 11.7. The van der Waals surface area contributed by atoms with E-state index in [4.69, 9.17) is 4.74 Å². The summed E-state index contributed by atoms with van der Waals surface area (Å²) in [7, 11) is 1.62. The van der Waals surface area contributed by atoms with Gasteiger partial charge >= 0.3 is 0 Å². The number of hydrogen-bond donors (Lipinski definition) is 2. The van der Waals surface area contributed by atoms with Gasteiger partial charge in [0.25, 0.3) is 0 Å². The second-order valence-electron chi connectivity index (χ2n) is 5.12. The Kier molecular flexibility index (Phi) is 4.43. The van der Waals surface area contributed by atoms with Crippen LogP contribution < -0.4 is 4.74 Å². The summed E-state index contributed by atoms with van der Waals surface area (Å²) >= 11 is 0. The number of azo groups is 1. The number of para-hydroxylation sites is 1. The van der Waals surface area contributed by atoms with E-state index in [9.17, 15) is 10.2 Å². The predicted molar refractivity (Wildman–Crippen MR) is 92.4 cm³/mol. The summed E-state index contributed by atoms with van der Waals surface area (Å²) < 4.78 is 5.15. The molecule has 0 aliphatic rings. The predicted octanol–water partition coefficient (Wildman–Crippen LogP) is 5.19. The topological polar surface area (TPSA) is 74.4 Å². The summed E-state index contributed by atoms with van der Waals surface area (Å²) in [6.07, 6.45) is 0. The van der Waals surface area contributed by atoms with E-state index in [-0.39, 0.29) is 11.5 Å². The number of phenolic OH excluding ortho intramolecular Hbond substituents is 2. The summed E-state index contributed by atoms with van der Waals surface area (Å²) in [5.41, 5.74) is 2.52. The van der Waals surface area contributed by atoms with Gasteiger partial charge in [0.2, 0.25) is 0 Å². The fourth-order valence-corrected chi connectivity index (χ4v) is 2.22. The summed E-state index contributed by atoms with van der Waals surface area (Å²) in [4.78, 5) is 0. The van der Waals surface area contributed by atoms with E-state index in [1.807, 2.05) is 24.3 Å². The normalized spacial score (nSPS) is 10.9. The minimum atomic E-state index is 0.0198. The molecule has 0 unspecified atom stereocenters. The van der Waals surface area contributed by atoms with Crippen LogP contribution in [0.15, 0.2) is 77.0 Å². The van der Waals surface area contributed by atoms with Crippen LogP contribution in [0.3, 0.4) is 0 Å². The van der Waals surface area contributed by atoms with E-state index in [1.165, 1.54) is 6.07 Å². The van der Waals surface area contributed by atoms with E-state index in [0.717, 1.165) is 16.9 Å². The fourth-order valence-electron chi connectivity index (χ4n) is 2.22. The Morgan fingerprint density at radius 2 is 1.33 bits per heavy atom. The molecule has 0 atom stereocenters. The number of aromatic hydroxyl groups is 2. The molecule has 5 nitrogen and oxygen atoms in total. The van der Waals surface area contributed by atoms with E-state index >= 15 is 0 Å². The molecule has 0 aliphatic heterocycles. The van der Waals surface area contributed by atoms with Crippen LogP contribution in [0.1, 0.15) is 0 Å². The van der Waals surface area contributed by atoms with E-state index in [0.29, 0.717) is 11.4 Å². The first-order valence-corrected chi connectivity index (χ1v) is 7.34. The zero-order valence-corrected chi connectivity index (χ0v) is 13.0. The highest BCUT2D eigenvalue weighted by atomic mass is 16.5. The maximum atomic E-state index is 9.98. The Morgan fingerprint density at radius 1 is 0.708 bits per heavy atom. The molecule has 0 saturated heterocycles. The highest BCUT2D eigenvalue weighted by Crippen LogP contribution is 2.34. The van der Waals surface area contributed by atoms with Gasteiger partial charge in [-0.05, 0) is 47.5 Å². The molecule has 2 N–H and O–H groups in total. The molecular formula is C19H16N2O3. The van der Waals surface area contributed by atoms with E-state index in [2.05, 4.69) is 10.2 Å². The van der Waals surface area contributed by atoms with Crippen molar-refractivity contribution < 1.29 is 14.9 Å². The lowest BCUT2D eigenvalue weighted by Gasteiger charge is -2.06. The average molecular weight is 320 g/mol. The summed E-state index contributed by atoms with van der Waals surface area (Å²) in [6.45, 7) is 0. The third-order valence-corrected chi connectivity index (χ3v) is 3.55. The number of methoxy groups -OCH3 is 1. The molecule has 3 aromatic rings. The second kappa shape index (κ2) is 6.83. The zero-order valence-electron chi connectivity index (χ0n) is 13.0. The van der Waals surface area contributed by atoms with Crippen LogP contribution in [0.4, 0.5) is 11.4 Å². The maximum Gasteiger partial charge on any atom is 0.143 e. The van der Waals surface area contributed by atoms with Crippen molar-refractivity contribution >= 4 is 11.4 Å². The van der Waals surface area contributed by atoms with Crippen molar-refractivity contribution in [2.75, 3.05) is 7.11 Å². The fraction of sp³-hybridized carbons (Fsp3) is 0.0526. The van der Waals surface area contributed by atoms with Crippen LogP contribution in [0.25, 0.3) is 11.1 Å². The van der Waals surface area contributed by atoms with Crippen LogP contribution in [-0.2, 0) is 0 Å². The number of phenols is 2. The van der Waals surface area contributed by atoms with Gasteiger partial charge in [-0.15, -0.1) is 10.2 Å². The smallest absolute Gasteiger partial charge is 0.143 e. The average Bonchev–Trinajstić information content (AvgIpc) is 2.62. The molecule has 0 aromatic heterocycles. The lowest BCUT2D eigenvalue weighted by atomic mass is 10.0. The number of nitrogens with zero attached hydrogens (tertiary/aromatic N) is 2. The molecule has 0 aliphatic carbocycles. The van der Waals surface area contributed by atoms with Gasteiger partial charge in [-0.3, -0.25) is 0 Å². The van der Waals surface area contributed by atoms with Gasteiger partial charge in [-0.2, -0.15) is 0 Å². The van der Waals surface area contributed by atoms with Crippen molar-refractivity contribution in [2.45, 2.75) is 0 Å². The van der Waals surface area contributed by atoms with Gasteiger partial charge in [0, 0.05) is 0 Å². The highest BCUT2D eigenvalue weighted by molar-refractivity contribution is 5.70. The van der Waals surface area contributed by atoms with Crippen LogP contribution in [0, 0.1) is 0 Å². The Balaban J connectivity index is 1.92. The van der Waals surface area contributed by atoms with Crippen LogP contribution in [0.2, 0.25) is 0 Å². The molecule has 0 spiro atoms. The van der Waals surface area contributed by atoms with Gasteiger partial charge in [-0.1, -0.05) is 30.3 Å².